The van der Waals surface area contributed by atoms with Crippen LogP contribution in [0.5, 0.6) is 5.75 Å². The topological polar surface area (TPSA) is 109 Å². The lowest BCUT2D eigenvalue weighted by Gasteiger charge is -2.18. The summed E-state index contributed by atoms with van der Waals surface area (Å²) in [5.41, 5.74) is 2.40. The second-order valence-corrected chi connectivity index (χ2v) is 6.93. The first-order valence-electron chi connectivity index (χ1n) is 9.97. The third kappa shape index (κ3) is 5.37. The molecule has 2 aromatic carbocycles. The van der Waals surface area contributed by atoms with Gasteiger partial charge in [-0.3, -0.25) is 19.7 Å². The van der Waals surface area contributed by atoms with Crippen LogP contribution in [-0.2, 0) is 11.4 Å². The smallest absolute Gasteiger partial charge is 0.252 e. The summed E-state index contributed by atoms with van der Waals surface area (Å²) in [6.45, 7) is 0.330. The van der Waals surface area contributed by atoms with Crippen molar-refractivity contribution in [2.45, 2.75) is 12.6 Å². The average Bonchev–Trinajstić information content (AvgIpc) is 3.35. The third-order valence-corrected chi connectivity index (χ3v) is 4.67. The van der Waals surface area contributed by atoms with Crippen LogP contribution in [0.15, 0.2) is 91.4 Å². The molecule has 0 saturated carbocycles. The van der Waals surface area contributed by atoms with Crippen molar-refractivity contribution < 1.29 is 14.3 Å². The molecule has 0 spiro atoms. The zero-order chi connectivity index (χ0) is 22.2. The number of aromatic nitrogens is 3. The predicted molar refractivity (Wildman–Crippen MR) is 119 cm³/mol. The van der Waals surface area contributed by atoms with Gasteiger partial charge in [-0.15, -0.1) is 0 Å². The Kier molecular flexibility index (Phi) is 6.52. The van der Waals surface area contributed by atoms with Gasteiger partial charge in [-0.05, 0) is 42.0 Å². The molecule has 0 fully saturated rings. The Morgan fingerprint density at radius 2 is 1.75 bits per heavy atom. The number of hydrogen-bond donors (Lipinski definition) is 3. The van der Waals surface area contributed by atoms with Crippen molar-refractivity contribution in [3.8, 4) is 5.75 Å². The Morgan fingerprint density at radius 1 is 0.969 bits per heavy atom. The maximum atomic E-state index is 12.9. The van der Waals surface area contributed by atoms with Gasteiger partial charge in [0.2, 0.25) is 0 Å². The zero-order valence-corrected chi connectivity index (χ0v) is 17.1. The molecule has 8 heteroatoms. The van der Waals surface area contributed by atoms with E-state index in [0.717, 1.165) is 5.69 Å². The maximum Gasteiger partial charge on any atom is 0.252 e. The number of H-pyrrole nitrogens is 1. The summed E-state index contributed by atoms with van der Waals surface area (Å²) in [4.78, 5) is 29.9. The van der Waals surface area contributed by atoms with Crippen LogP contribution in [0.3, 0.4) is 0 Å². The summed E-state index contributed by atoms with van der Waals surface area (Å²) in [6.07, 6.45) is 4.76. The number of hydrogen-bond acceptors (Lipinski definition) is 5. The van der Waals surface area contributed by atoms with Crippen LogP contribution in [0.1, 0.15) is 27.7 Å². The van der Waals surface area contributed by atoms with Gasteiger partial charge in [0.15, 0.2) is 0 Å². The lowest BCUT2D eigenvalue weighted by Crippen LogP contribution is -2.37. The van der Waals surface area contributed by atoms with Gasteiger partial charge in [0.1, 0.15) is 18.4 Å². The fourth-order valence-corrected chi connectivity index (χ4v) is 3.04. The van der Waals surface area contributed by atoms with E-state index >= 15 is 0 Å². The Labute approximate surface area is 184 Å². The van der Waals surface area contributed by atoms with Crippen molar-refractivity contribution in [3.63, 3.8) is 0 Å². The molecule has 8 nitrogen and oxygen atoms in total. The highest BCUT2D eigenvalue weighted by atomic mass is 16.5. The highest BCUT2D eigenvalue weighted by Crippen LogP contribution is 2.18. The van der Waals surface area contributed by atoms with Crippen molar-refractivity contribution in [1.82, 2.24) is 20.5 Å². The normalized spacial score (nSPS) is 11.4. The predicted octanol–water partition coefficient (Wildman–Crippen LogP) is 3.49. The van der Waals surface area contributed by atoms with Crippen molar-refractivity contribution >= 4 is 17.5 Å². The Hall–Kier alpha value is -4.46. The quantitative estimate of drug-likeness (QED) is 0.399. The van der Waals surface area contributed by atoms with Gasteiger partial charge in [-0.2, -0.15) is 5.10 Å². The van der Waals surface area contributed by atoms with Gasteiger partial charge >= 0.3 is 0 Å². The summed E-state index contributed by atoms with van der Waals surface area (Å²) in [6, 6.07) is 20.5. The molecular weight excluding hydrogens is 406 g/mol. The molecule has 1 atom stereocenters. The van der Waals surface area contributed by atoms with Gasteiger partial charge in [-0.1, -0.05) is 36.4 Å². The zero-order valence-electron chi connectivity index (χ0n) is 17.1. The van der Waals surface area contributed by atoms with E-state index < -0.39 is 6.04 Å². The van der Waals surface area contributed by atoms with Gasteiger partial charge in [0.25, 0.3) is 11.8 Å². The summed E-state index contributed by atoms with van der Waals surface area (Å²) in [7, 11) is 0. The van der Waals surface area contributed by atoms with E-state index in [-0.39, 0.29) is 11.8 Å². The number of pyridine rings is 1. The van der Waals surface area contributed by atoms with Crippen LogP contribution < -0.4 is 15.4 Å². The molecule has 0 unspecified atom stereocenters. The van der Waals surface area contributed by atoms with E-state index in [1.165, 1.54) is 6.20 Å². The summed E-state index contributed by atoms with van der Waals surface area (Å²) < 4.78 is 5.71. The molecule has 0 aliphatic carbocycles. The van der Waals surface area contributed by atoms with E-state index in [0.29, 0.717) is 29.2 Å². The Morgan fingerprint density at radius 3 is 2.44 bits per heavy atom. The summed E-state index contributed by atoms with van der Waals surface area (Å²) >= 11 is 0. The Bertz CT molecular complexity index is 1150. The maximum absolute atomic E-state index is 12.9. The molecule has 0 bridgehead atoms. The van der Waals surface area contributed by atoms with Gasteiger partial charge in [0, 0.05) is 18.0 Å². The second kappa shape index (κ2) is 10.0. The number of benzene rings is 2. The monoisotopic (exact) mass is 427 g/mol. The first-order valence-corrected chi connectivity index (χ1v) is 9.97. The molecule has 2 amide bonds. The number of amides is 2. The van der Waals surface area contributed by atoms with Crippen LogP contribution in [-0.4, -0.2) is 27.0 Å². The largest absolute Gasteiger partial charge is 0.487 e. The molecule has 0 aliphatic heterocycles. The number of ether oxygens (including phenoxy) is 1. The Balaban J connectivity index is 1.43. The van der Waals surface area contributed by atoms with E-state index in [2.05, 4.69) is 25.8 Å². The van der Waals surface area contributed by atoms with Crippen molar-refractivity contribution in [2.24, 2.45) is 0 Å². The van der Waals surface area contributed by atoms with Crippen LogP contribution in [0.4, 0.5) is 5.69 Å². The molecule has 2 aromatic heterocycles. The lowest BCUT2D eigenvalue weighted by molar-refractivity contribution is -0.118. The fourth-order valence-electron chi connectivity index (χ4n) is 3.04. The molecular formula is C24H21N5O3. The number of nitrogens with one attached hydrogen (secondary N) is 3. The van der Waals surface area contributed by atoms with Crippen LogP contribution >= 0.6 is 0 Å². The van der Waals surface area contributed by atoms with E-state index in [4.69, 9.17) is 4.74 Å². The first-order chi connectivity index (χ1) is 15.7. The molecule has 2 heterocycles. The van der Waals surface area contributed by atoms with Crippen molar-refractivity contribution in [2.75, 3.05) is 5.32 Å². The second-order valence-electron chi connectivity index (χ2n) is 6.93. The highest BCUT2D eigenvalue weighted by molar-refractivity contribution is 6.01. The van der Waals surface area contributed by atoms with Gasteiger partial charge in [-0.25, -0.2) is 0 Å². The number of nitrogens with zero attached hydrogens (tertiary/aromatic N) is 2. The van der Waals surface area contributed by atoms with Crippen LogP contribution in [0.25, 0.3) is 0 Å². The van der Waals surface area contributed by atoms with Crippen molar-refractivity contribution in [3.05, 3.63) is 108 Å². The third-order valence-electron chi connectivity index (χ3n) is 4.67. The molecule has 4 rings (SSSR count). The number of carbonyl (C=O) groups is 2. The van der Waals surface area contributed by atoms with E-state index in [9.17, 15) is 9.59 Å². The molecule has 0 radical (unpaired) electrons. The SMILES string of the molecule is O=C(N[C@@H](C(=O)Nc1cn[nH]c1)c1ccccc1)c1ccc(OCc2ccccn2)cc1. The van der Waals surface area contributed by atoms with E-state index in [1.807, 2.05) is 36.4 Å². The number of carbonyl (C=O) groups excluding carboxylic acids is 2. The lowest BCUT2D eigenvalue weighted by atomic mass is 10.1. The fraction of sp³-hybridized carbons (Fsp3) is 0.0833. The van der Waals surface area contributed by atoms with Gasteiger partial charge in [0.05, 0.1) is 17.6 Å². The molecule has 4 aromatic rings. The number of anilines is 1. The average molecular weight is 427 g/mol. The standard InChI is InChI=1S/C24H21N5O3/c30-23(18-9-11-21(12-10-18)32-16-19-8-4-5-13-25-19)29-22(17-6-2-1-3-7-17)24(31)28-20-14-26-27-15-20/h1-15,22H,16H2,(H,26,27)(H,28,31)(H,29,30)/t22-/m1/s1. The molecule has 160 valence electrons. The minimum absolute atomic E-state index is 0.330. The van der Waals surface area contributed by atoms with Crippen molar-refractivity contribution in [1.29, 1.82) is 0 Å². The first kappa shape index (κ1) is 20.8. The summed E-state index contributed by atoms with van der Waals surface area (Å²) in [5.74, 6) is -0.136. The number of rotatable bonds is 8. The number of aromatic amines is 1. The van der Waals surface area contributed by atoms with Crippen LogP contribution in [0, 0.1) is 0 Å². The van der Waals surface area contributed by atoms with Crippen LogP contribution in [0.2, 0.25) is 0 Å². The van der Waals surface area contributed by atoms with Gasteiger partial charge < -0.3 is 15.4 Å². The minimum Gasteiger partial charge on any atom is -0.487 e. The minimum atomic E-state index is -0.876. The molecule has 0 aliphatic rings. The highest BCUT2D eigenvalue weighted by Gasteiger charge is 2.23. The molecule has 3 N–H and O–H groups in total. The van der Waals surface area contributed by atoms with E-state index in [1.54, 1.807) is 48.8 Å². The summed E-state index contributed by atoms with van der Waals surface area (Å²) in [5, 5.41) is 12.0. The molecule has 32 heavy (non-hydrogen) atoms. The molecule has 0 saturated heterocycles.